The minimum atomic E-state index is -0.664. The van der Waals surface area contributed by atoms with Gasteiger partial charge in [-0.25, -0.2) is 9.78 Å². The Labute approximate surface area is 169 Å². The summed E-state index contributed by atoms with van der Waals surface area (Å²) in [5.41, 5.74) is 0.892. The van der Waals surface area contributed by atoms with E-state index < -0.39 is 17.4 Å². The van der Waals surface area contributed by atoms with E-state index in [-0.39, 0.29) is 11.1 Å². The second-order valence-electron chi connectivity index (χ2n) is 5.91. The number of ether oxygens (including phenoxy) is 1. The van der Waals surface area contributed by atoms with Crippen LogP contribution in [-0.2, 0) is 4.74 Å². The van der Waals surface area contributed by atoms with Crippen molar-refractivity contribution in [3.63, 3.8) is 0 Å². The Hall–Kier alpha value is -2.97. The number of halogens is 1. The summed E-state index contributed by atoms with van der Waals surface area (Å²) in [6.45, 7) is 3.60. The van der Waals surface area contributed by atoms with Crippen molar-refractivity contribution < 1.29 is 14.3 Å². The second-order valence-corrected chi connectivity index (χ2v) is 7.58. The van der Waals surface area contributed by atoms with Crippen molar-refractivity contribution in [2.24, 2.45) is 0 Å². The van der Waals surface area contributed by atoms with Crippen LogP contribution in [0.4, 0.5) is 5.00 Å². The van der Waals surface area contributed by atoms with Crippen LogP contribution in [0.5, 0.6) is 0 Å². The lowest BCUT2D eigenvalue weighted by Crippen LogP contribution is -2.24. The van der Waals surface area contributed by atoms with Crippen LogP contribution in [-0.4, -0.2) is 29.0 Å². The lowest BCUT2D eigenvalue weighted by Gasteiger charge is -2.06. The number of rotatable bonds is 4. The number of nitrogens with zero attached hydrogens (tertiary/aromatic N) is 1. The molecule has 3 rings (SSSR count). The molecule has 0 unspecified atom stereocenters. The van der Waals surface area contributed by atoms with Crippen LogP contribution >= 0.6 is 22.9 Å². The van der Waals surface area contributed by atoms with Crippen molar-refractivity contribution in [2.45, 2.75) is 13.8 Å². The molecule has 0 aliphatic heterocycles. The van der Waals surface area contributed by atoms with Gasteiger partial charge in [-0.2, -0.15) is 0 Å². The molecule has 0 aliphatic carbocycles. The van der Waals surface area contributed by atoms with E-state index in [1.165, 1.54) is 24.6 Å². The number of anilines is 1. The Bertz CT molecular complexity index is 1120. The SMILES string of the molecule is COC(=O)c1c(NC(=O)c2cnc(-c3ccc(Cl)cc3)[nH]c2=O)sc(C)c1C. The Kier molecular flexibility index (Phi) is 5.62. The standard InChI is InChI=1S/C19H16ClN3O4S/c1-9-10(2)28-18(14(9)19(26)27-3)23-17(25)13-8-21-15(22-16(13)24)11-4-6-12(20)7-5-11/h4-8H,1-3H3,(H,23,25)(H,21,22,24). The van der Waals surface area contributed by atoms with Crippen LogP contribution < -0.4 is 10.9 Å². The molecule has 7 nitrogen and oxygen atoms in total. The highest BCUT2D eigenvalue weighted by atomic mass is 35.5. The number of carbonyl (C=O) groups is 2. The molecule has 0 radical (unpaired) electrons. The fraction of sp³-hybridized carbons (Fsp3) is 0.158. The second kappa shape index (κ2) is 7.95. The number of amides is 1. The Morgan fingerprint density at radius 2 is 1.89 bits per heavy atom. The van der Waals surface area contributed by atoms with Crippen LogP contribution in [0.2, 0.25) is 5.02 Å². The predicted molar refractivity (Wildman–Crippen MR) is 108 cm³/mol. The number of H-pyrrole nitrogens is 1. The molecule has 0 bridgehead atoms. The lowest BCUT2D eigenvalue weighted by atomic mass is 10.1. The van der Waals surface area contributed by atoms with Crippen molar-refractivity contribution in [1.82, 2.24) is 9.97 Å². The first-order chi connectivity index (χ1) is 13.3. The van der Waals surface area contributed by atoms with Gasteiger partial charge in [0.15, 0.2) is 0 Å². The molecule has 0 atom stereocenters. The molecule has 0 saturated carbocycles. The van der Waals surface area contributed by atoms with Crippen LogP contribution in [0.15, 0.2) is 35.3 Å². The number of hydrogen-bond acceptors (Lipinski definition) is 6. The predicted octanol–water partition coefficient (Wildman–Crippen LogP) is 3.81. The fourth-order valence-corrected chi connectivity index (χ4v) is 3.71. The number of esters is 1. The average Bonchev–Trinajstić information content (AvgIpc) is 2.95. The largest absolute Gasteiger partial charge is 0.465 e. The third kappa shape index (κ3) is 3.83. The highest BCUT2D eigenvalue weighted by Gasteiger charge is 2.23. The van der Waals surface area contributed by atoms with Gasteiger partial charge >= 0.3 is 5.97 Å². The minimum absolute atomic E-state index is 0.169. The molecule has 0 aliphatic rings. The number of aryl methyl sites for hydroxylation is 1. The van der Waals surface area contributed by atoms with Crippen LogP contribution in [0, 0.1) is 13.8 Å². The van der Waals surface area contributed by atoms with Gasteiger partial charge in [0, 0.05) is 21.7 Å². The topological polar surface area (TPSA) is 101 Å². The summed E-state index contributed by atoms with van der Waals surface area (Å²) >= 11 is 7.09. The van der Waals surface area contributed by atoms with Gasteiger partial charge in [-0.3, -0.25) is 9.59 Å². The monoisotopic (exact) mass is 417 g/mol. The van der Waals surface area contributed by atoms with E-state index in [4.69, 9.17) is 16.3 Å². The van der Waals surface area contributed by atoms with Gasteiger partial charge in [-0.1, -0.05) is 11.6 Å². The normalized spacial score (nSPS) is 10.6. The minimum Gasteiger partial charge on any atom is -0.465 e. The van der Waals surface area contributed by atoms with Gasteiger partial charge in [0.25, 0.3) is 11.5 Å². The van der Waals surface area contributed by atoms with E-state index in [9.17, 15) is 14.4 Å². The van der Waals surface area contributed by atoms with Crippen molar-refractivity contribution in [3.05, 3.63) is 67.4 Å². The van der Waals surface area contributed by atoms with Crippen LogP contribution in [0.1, 0.15) is 31.2 Å². The van der Waals surface area contributed by atoms with E-state index in [0.29, 0.717) is 21.4 Å². The Morgan fingerprint density at radius 3 is 2.50 bits per heavy atom. The summed E-state index contributed by atoms with van der Waals surface area (Å²) in [5, 5.41) is 3.50. The summed E-state index contributed by atoms with van der Waals surface area (Å²) in [7, 11) is 1.27. The van der Waals surface area contributed by atoms with Crippen LogP contribution in [0.3, 0.4) is 0 Å². The maximum Gasteiger partial charge on any atom is 0.341 e. The molecule has 0 spiro atoms. The first-order valence-electron chi connectivity index (χ1n) is 8.16. The molecule has 0 saturated heterocycles. The molecule has 1 aromatic carbocycles. The number of thiophene rings is 1. The van der Waals surface area contributed by atoms with E-state index >= 15 is 0 Å². The van der Waals surface area contributed by atoms with Crippen molar-refractivity contribution in [2.75, 3.05) is 12.4 Å². The summed E-state index contributed by atoms with van der Waals surface area (Å²) < 4.78 is 4.78. The number of aromatic nitrogens is 2. The highest BCUT2D eigenvalue weighted by molar-refractivity contribution is 7.16. The maximum absolute atomic E-state index is 12.6. The fourth-order valence-electron chi connectivity index (χ4n) is 2.54. The zero-order valence-electron chi connectivity index (χ0n) is 15.3. The highest BCUT2D eigenvalue weighted by Crippen LogP contribution is 2.33. The lowest BCUT2D eigenvalue weighted by molar-refractivity contribution is 0.0601. The zero-order valence-corrected chi connectivity index (χ0v) is 16.8. The van der Waals surface area contributed by atoms with E-state index in [0.717, 1.165) is 10.4 Å². The van der Waals surface area contributed by atoms with Gasteiger partial charge < -0.3 is 15.0 Å². The third-order valence-corrected chi connectivity index (χ3v) is 5.54. The molecule has 144 valence electrons. The molecule has 28 heavy (non-hydrogen) atoms. The summed E-state index contributed by atoms with van der Waals surface area (Å²) in [5.74, 6) is -0.902. The molecule has 0 fully saturated rings. The number of nitrogens with one attached hydrogen (secondary N) is 2. The van der Waals surface area contributed by atoms with Crippen molar-refractivity contribution in [1.29, 1.82) is 0 Å². The maximum atomic E-state index is 12.6. The Morgan fingerprint density at radius 1 is 1.21 bits per heavy atom. The quantitative estimate of drug-likeness (QED) is 0.628. The van der Waals surface area contributed by atoms with E-state index in [2.05, 4.69) is 15.3 Å². The number of hydrogen-bond donors (Lipinski definition) is 2. The van der Waals surface area contributed by atoms with Gasteiger partial charge in [-0.05, 0) is 43.7 Å². The van der Waals surface area contributed by atoms with Crippen molar-refractivity contribution in [3.8, 4) is 11.4 Å². The third-order valence-electron chi connectivity index (χ3n) is 4.16. The Balaban J connectivity index is 1.90. The van der Waals surface area contributed by atoms with E-state index in [1.807, 2.05) is 6.92 Å². The molecule has 9 heteroatoms. The van der Waals surface area contributed by atoms with Gasteiger partial charge in [0.05, 0.1) is 12.7 Å². The van der Waals surface area contributed by atoms with Crippen LogP contribution in [0.25, 0.3) is 11.4 Å². The van der Waals surface area contributed by atoms with Gasteiger partial charge in [0.2, 0.25) is 0 Å². The molecular formula is C19H16ClN3O4S. The molecule has 2 aromatic heterocycles. The van der Waals surface area contributed by atoms with Gasteiger partial charge in [-0.15, -0.1) is 11.3 Å². The molecule has 1 amide bonds. The number of aromatic amines is 1. The first-order valence-corrected chi connectivity index (χ1v) is 9.36. The first kappa shape index (κ1) is 19.8. The molecule has 2 N–H and O–H groups in total. The molecule has 3 aromatic rings. The summed E-state index contributed by atoms with van der Waals surface area (Å²) in [4.78, 5) is 44.6. The number of carbonyl (C=O) groups excluding carboxylic acids is 2. The summed E-state index contributed by atoms with van der Waals surface area (Å²) in [6.07, 6.45) is 1.20. The number of benzene rings is 1. The molecular weight excluding hydrogens is 402 g/mol. The van der Waals surface area contributed by atoms with E-state index in [1.54, 1.807) is 31.2 Å². The van der Waals surface area contributed by atoms with Crippen molar-refractivity contribution >= 4 is 39.8 Å². The number of methoxy groups -OCH3 is 1. The molecule has 2 heterocycles. The smallest absolute Gasteiger partial charge is 0.341 e. The van der Waals surface area contributed by atoms with Gasteiger partial charge in [0.1, 0.15) is 16.4 Å². The summed E-state index contributed by atoms with van der Waals surface area (Å²) in [6, 6.07) is 6.76. The zero-order chi connectivity index (χ0) is 20.4. The average molecular weight is 418 g/mol.